The van der Waals surface area contributed by atoms with E-state index in [-0.39, 0.29) is 5.78 Å². The van der Waals surface area contributed by atoms with Gasteiger partial charge in [0.15, 0.2) is 0 Å². The molecule has 0 aromatic heterocycles. The number of ketones is 1. The molecule has 0 N–H and O–H groups in total. The first-order chi connectivity index (χ1) is 7.07. The molecule has 1 rings (SSSR count). The average Bonchev–Trinajstić information content (AvgIpc) is 2.20. The van der Waals surface area contributed by atoms with Gasteiger partial charge in [0.1, 0.15) is 11.7 Å². The summed E-state index contributed by atoms with van der Waals surface area (Å²) in [5.41, 5.74) is 0.636. The van der Waals surface area contributed by atoms with Crippen LogP contribution in [0.15, 0.2) is 28.7 Å². The highest BCUT2D eigenvalue weighted by molar-refractivity contribution is 9.10. The summed E-state index contributed by atoms with van der Waals surface area (Å²) in [5, 5.41) is 0. The molecule has 0 heterocycles. The molecule has 3 nitrogen and oxygen atoms in total. The molecule has 1 atom stereocenters. The highest BCUT2D eigenvalue weighted by atomic mass is 79.9. The normalized spacial score (nSPS) is 11.9. The molecule has 0 aliphatic carbocycles. The van der Waals surface area contributed by atoms with E-state index in [1.807, 2.05) is 6.07 Å². The average molecular weight is 271 g/mol. The zero-order chi connectivity index (χ0) is 11.4. The van der Waals surface area contributed by atoms with Crippen molar-refractivity contribution in [1.29, 1.82) is 0 Å². The van der Waals surface area contributed by atoms with Crippen LogP contribution >= 0.6 is 15.9 Å². The summed E-state index contributed by atoms with van der Waals surface area (Å²) in [6.07, 6.45) is 0. The number of carbonyl (C=O) groups excluding carboxylic acids is 2. The first kappa shape index (κ1) is 11.9. The Hall–Kier alpha value is -1.16. The van der Waals surface area contributed by atoms with Gasteiger partial charge in [0.05, 0.1) is 7.11 Å². The van der Waals surface area contributed by atoms with E-state index in [1.54, 1.807) is 18.2 Å². The van der Waals surface area contributed by atoms with Crippen molar-refractivity contribution >= 4 is 27.7 Å². The van der Waals surface area contributed by atoms with E-state index in [2.05, 4.69) is 20.7 Å². The van der Waals surface area contributed by atoms with Gasteiger partial charge in [-0.3, -0.25) is 9.59 Å². The molecule has 80 valence electrons. The van der Waals surface area contributed by atoms with Gasteiger partial charge in [0, 0.05) is 4.47 Å². The van der Waals surface area contributed by atoms with Gasteiger partial charge in [-0.05, 0) is 18.6 Å². The second-order valence-corrected chi connectivity index (χ2v) is 3.94. The van der Waals surface area contributed by atoms with Crippen molar-refractivity contribution in [2.75, 3.05) is 7.11 Å². The van der Waals surface area contributed by atoms with Crippen molar-refractivity contribution < 1.29 is 14.3 Å². The fraction of sp³-hybridized carbons (Fsp3) is 0.273. The Morgan fingerprint density at radius 1 is 1.33 bits per heavy atom. The van der Waals surface area contributed by atoms with Crippen LogP contribution in [-0.2, 0) is 14.3 Å². The number of ether oxygens (including phenoxy) is 1. The fourth-order valence-corrected chi connectivity index (χ4v) is 1.85. The van der Waals surface area contributed by atoms with E-state index in [9.17, 15) is 9.59 Å². The van der Waals surface area contributed by atoms with Crippen molar-refractivity contribution in [2.45, 2.75) is 12.8 Å². The highest BCUT2D eigenvalue weighted by Gasteiger charge is 2.27. The number of hydrogen-bond acceptors (Lipinski definition) is 3. The van der Waals surface area contributed by atoms with Crippen molar-refractivity contribution in [3.8, 4) is 0 Å². The van der Waals surface area contributed by atoms with E-state index in [1.165, 1.54) is 14.0 Å². The Kier molecular flexibility index (Phi) is 4.03. The maximum atomic E-state index is 11.4. The standard InChI is InChI=1S/C11H11BrO3/c1-7(13)10(11(14)15-2)8-5-3-4-6-9(8)12/h3-6,10H,1-2H3/t10-/m0/s1. The second kappa shape index (κ2) is 5.07. The molecule has 0 aliphatic heterocycles. The lowest BCUT2D eigenvalue weighted by molar-refractivity contribution is -0.145. The van der Waals surface area contributed by atoms with Gasteiger partial charge >= 0.3 is 5.97 Å². The van der Waals surface area contributed by atoms with E-state index in [0.717, 1.165) is 4.47 Å². The number of Topliss-reactive ketones (excluding diaryl/α,β-unsaturated/α-hetero) is 1. The number of hydrogen-bond donors (Lipinski definition) is 0. The quantitative estimate of drug-likeness (QED) is 0.625. The molecule has 15 heavy (non-hydrogen) atoms. The maximum Gasteiger partial charge on any atom is 0.320 e. The van der Waals surface area contributed by atoms with Crippen LogP contribution in [0, 0.1) is 0 Å². The van der Waals surface area contributed by atoms with E-state index in [4.69, 9.17) is 0 Å². The molecule has 4 heteroatoms. The minimum atomic E-state index is -0.842. The summed E-state index contributed by atoms with van der Waals surface area (Å²) in [6.45, 7) is 1.38. The lowest BCUT2D eigenvalue weighted by atomic mass is 9.96. The second-order valence-electron chi connectivity index (χ2n) is 3.09. The Bertz CT molecular complexity index is 387. The molecular formula is C11H11BrO3. The summed E-state index contributed by atoms with van der Waals surface area (Å²) < 4.78 is 5.33. The van der Waals surface area contributed by atoms with E-state index < -0.39 is 11.9 Å². The molecule has 0 radical (unpaired) electrons. The molecule has 0 bridgehead atoms. The number of carbonyl (C=O) groups is 2. The Balaban J connectivity index is 3.16. The zero-order valence-corrected chi connectivity index (χ0v) is 10.1. The van der Waals surface area contributed by atoms with Crippen molar-refractivity contribution in [2.24, 2.45) is 0 Å². The van der Waals surface area contributed by atoms with Gasteiger partial charge in [-0.15, -0.1) is 0 Å². The number of halogens is 1. The summed E-state index contributed by atoms with van der Waals surface area (Å²) in [7, 11) is 1.27. The summed E-state index contributed by atoms with van der Waals surface area (Å²) in [4.78, 5) is 22.8. The predicted octanol–water partition coefficient (Wildman–Crippen LogP) is 2.29. The number of benzene rings is 1. The molecule has 0 saturated heterocycles. The van der Waals surface area contributed by atoms with Gasteiger partial charge in [-0.25, -0.2) is 0 Å². The van der Waals surface area contributed by atoms with Gasteiger partial charge in [-0.1, -0.05) is 34.1 Å². The van der Waals surface area contributed by atoms with Crippen LogP contribution in [0.1, 0.15) is 18.4 Å². The van der Waals surface area contributed by atoms with Crippen LogP contribution in [0.25, 0.3) is 0 Å². The molecular weight excluding hydrogens is 260 g/mol. The molecule has 0 aliphatic rings. The first-order valence-corrected chi connectivity index (χ1v) is 5.20. The Morgan fingerprint density at radius 2 is 1.93 bits per heavy atom. The SMILES string of the molecule is COC(=O)[C@@H](C(C)=O)c1ccccc1Br. The molecule has 0 spiro atoms. The van der Waals surface area contributed by atoms with Crippen LogP contribution in [-0.4, -0.2) is 18.9 Å². The predicted molar refractivity (Wildman–Crippen MR) is 59.6 cm³/mol. The van der Waals surface area contributed by atoms with Gasteiger partial charge < -0.3 is 4.74 Å². The minimum absolute atomic E-state index is 0.228. The molecule has 1 aromatic carbocycles. The Morgan fingerprint density at radius 3 is 2.40 bits per heavy atom. The first-order valence-electron chi connectivity index (χ1n) is 4.40. The number of methoxy groups -OCH3 is 1. The van der Waals surface area contributed by atoms with Crippen molar-refractivity contribution in [3.63, 3.8) is 0 Å². The summed E-state index contributed by atoms with van der Waals surface area (Å²) in [6, 6.07) is 7.11. The van der Waals surface area contributed by atoms with E-state index in [0.29, 0.717) is 5.56 Å². The largest absolute Gasteiger partial charge is 0.468 e. The Labute approximate surface area is 96.6 Å². The maximum absolute atomic E-state index is 11.4. The van der Waals surface area contributed by atoms with Crippen molar-refractivity contribution in [3.05, 3.63) is 34.3 Å². The fourth-order valence-electron chi connectivity index (χ4n) is 1.34. The van der Waals surface area contributed by atoms with Gasteiger partial charge in [0.25, 0.3) is 0 Å². The molecule has 1 aromatic rings. The van der Waals surface area contributed by atoms with E-state index >= 15 is 0 Å². The topological polar surface area (TPSA) is 43.4 Å². The lowest BCUT2D eigenvalue weighted by Gasteiger charge is -2.13. The third kappa shape index (κ3) is 2.65. The third-order valence-electron chi connectivity index (χ3n) is 2.06. The third-order valence-corrected chi connectivity index (χ3v) is 2.78. The molecule has 0 fully saturated rings. The van der Waals surface area contributed by atoms with Crippen molar-refractivity contribution in [1.82, 2.24) is 0 Å². The van der Waals surface area contributed by atoms with Gasteiger partial charge in [0.2, 0.25) is 0 Å². The highest BCUT2D eigenvalue weighted by Crippen LogP contribution is 2.26. The summed E-state index contributed by atoms with van der Waals surface area (Å²) in [5.74, 6) is -1.60. The smallest absolute Gasteiger partial charge is 0.320 e. The monoisotopic (exact) mass is 270 g/mol. The summed E-state index contributed by atoms with van der Waals surface area (Å²) >= 11 is 3.30. The molecule has 0 unspecified atom stereocenters. The molecule has 0 amide bonds. The zero-order valence-electron chi connectivity index (χ0n) is 8.49. The van der Waals surface area contributed by atoms with Crippen LogP contribution in [0.5, 0.6) is 0 Å². The van der Waals surface area contributed by atoms with Crippen LogP contribution in [0.4, 0.5) is 0 Å². The number of rotatable bonds is 3. The van der Waals surface area contributed by atoms with Crippen LogP contribution in [0.2, 0.25) is 0 Å². The lowest BCUT2D eigenvalue weighted by Crippen LogP contribution is -2.21. The van der Waals surface area contributed by atoms with Gasteiger partial charge in [-0.2, -0.15) is 0 Å². The van der Waals surface area contributed by atoms with Crippen LogP contribution < -0.4 is 0 Å². The van der Waals surface area contributed by atoms with Crippen LogP contribution in [0.3, 0.4) is 0 Å². The molecule has 0 saturated carbocycles. The number of esters is 1. The minimum Gasteiger partial charge on any atom is -0.468 e.